The smallest absolute Gasteiger partial charge is 0.223 e. The Morgan fingerprint density at radius 1 is 0.935 bits per heavy atom. The molecule has 180 valence electrons. The minimum absolute atomic E-state index is 0.252. The first kappa shape index (κ1) is 29.6. The van der Waals surface area contributed by atoms with Crippen LogP contribution in [0.3, 0.4) is 0 Å². The van der Waals surface area contributed by atoms with Gasteiger partial charge in [0.25, 0.3) is 0 Å². The van der Waals surface area contributed by atoms with Crippen molar-refractivity contribution in [2.75, 3.05) is 6.54 Å². The molecule has 2 saturated carbocycles. The molecule has 2 aliphatic rings. The van der Waals surface area contributed by atoms with E-state index in [1.165, 1.54) is 62.5 Å². The van der Waals surface area contributed by atoms with Crippen molar-refractivity contribution in [1.82, 2.24) is 5.32 Å². The van der Waals surface area contributed by atoms with E-state index < -0.39 is 0 Å². The topological polar surface area (TPSA) is 46.2 Å². The molecule has 0 aromatic heterocycles. The summed E-state index contributed by atoms with van der Waals surface area (Å²) in [6.45, 7) is 13.5. The van der Waals surface area contributed by atoms with Crippen LogP contribution in [-0.4, -0.2) is 18.2 Å². The van der Waals surface area contributed by atoms with E-state index in [1.807, 2.05) is 26.8 Å². The number of allylic oxidation sites excluding steroid dienone is 4. The van der Waals surface area contributed by atoms with Gasteiger partial charge in [-0.3, -0.25) is 9.59 Å². The fourth-order valence-electron chi connectivity index (χ4n) is 3.98. The second-order valence-electron chi connectivity index (χ2n) is 8.81. The molecule has 0 unspecified atom stereocenters. The van der Waals surface area contributed by atoms with Crippen molar-refractivity contribution in [3.8, 4) is 0 Å². The SMILES string of the molecule is CC.CCCC(=O)/C=C\C(C)=C1CCC1.CCCCCNC(=O)C1CCC(CC)CC1. The van der Waals surface area contributed by atoms with E-state index in [0.29, 0.717) is 18.2 Å². The van der Waals surface area contributed by atoms with Crippen molar-refractivity contribution in [2.24, 2.45) is 11.8 Å². The molecule has 0 spiro atoms. The molecule has 0 saturated heterocycles. The summed E-state index contributed by atoms with van der Waals surface area (Å²) in [5.74, 6) is 1.75. The Morgan fingerprint density at radius 2 is 1.58 bits per heavy atom. The van der Waals surface area contributed by atoms with Crippen LogP contribution in [0.25, 0.3) is 0 Å². The summed E-state index contributed by atoms with van der Waals surface area (Å²) < 4.78 is 0. The zero-order chi connectivity index (χ0) is 23.5. The molecule has 0 atom stereocenters. The van der Waals surface area contributed by atoms with Crippen LogP contribution >= 0.6 is 0 Å². The largest absolute Gasteiger partial charge is 0.356 e. The minimum atomic E-state index is 0.252. The molecule has 3 heteroatoms. The van der Waals surface area contributed by atoms with Gasteiger partial charge in [-0.25, -0.2) is 0 Å². The van der Waals surface area contributed by atoms with Gasteiger partial charge in [-0.15, -0.1) is 0 Å². The first-order valence-electron chi connectivity index (χ1n) is 13.2. The van der Waals surface area contributed by atoms with Crippen LogP contribution in [-0.2, 0) is 9.59 Å². The number of carbonyl (C=O) groups excluding carboxylic acids is 2. The van der Waals surface area contributed by atoms with Gasteiger partial charge in [0.1, 0.15) is 0 Å². The number of ketones is 1. The van der Waals surface area contributed by atoms with Crippen LogP contribution in [0.5, 0.6) is 0 Å². The number of unbranched alkanes of at least 4 members (excludes halogenated alkanes) is 2. The maximum atomic E-state index is 11.8. The van der Waals surface area contributed by atoms with Gasteiger partial charge in [-0.05, 0) is 76.7 Å². The van der Waals surface area contributed by atoms with Crippen molar-refractivity contribution in [1.29, 1.82) is 0 Å². The van der Waals surface area contributed by atoms with Crippen LogP contribution in [0.2, 0.25) is 0 Å². The molecule has 0 aliphatic heterocycles. The summed E-state index contributed by atoms with van der Waals surface area (Å²) in [5, 5.41) is 3.08. The number of hydrogen-bond donors (Lipinski definition) is 1. The highest BCUT2D eigenvalue weighted by Crippen LogP contribution is 2.30. The summed E-state index contributed by atoms with van der Waals surface area (Å²) in [6.07, 6.45) is 18.7. The van der Waals surface area contributed by atoms with E-state index in [-0.39, 0.29) is 5.78 Å². The minimum Gasteiger partial charge on any atom is -0.356 e. The van der Waals surface area contributed by atoms with E-state index in [1.54, 1.807) is 6.08 Å². The second kappa shape index (κ2) is 19.3. The lowest BCUT2D eigenvalue weighted by molar-refractivity contribution is -0.126. The normalized spacial score (nSPS) is 20.0. The van der Waals surface area contributed by atoms with Crippen molar-refractivity contribution >= 4 is 11.7 Å². The van der Waals surface area contributed by atoms with Crippen molar-refractivity contribution < 1.29 is 9.59 Å². The predicted octanol–water partition coefficient (Wildman–Crippen LogP) is 7.95. The van der Waals surface area contributed by atoms with E-state index in [9.17, 15) is 9.59 Å². The first-order chi connectivity index (χ1) is 15.0. The summed E-state index contributed by atoms with van der Waals surface area (Å²) in [5.41, 5.74) is 2.83. The third-order valence-corrected chi connectivity index (χ3v) is 6.40. The molecule has 31 heavy (non-hydrogen) atoms. The van der Waals surface area contributed by atoms with E-state index in [0.717, 1.165) is 38.1 Å². The molecule has 1 amide bonds. The van der Waals surface area contributed by atoms with E-state index >= 15 is 0 Å². The van der Waals surface area contributed by atoms with Gasteiger partial charge in [-0.1, -0.05) is 71.1 Å². The maximum Gasteiger partial charge on any atom is 0.223 e. The zero-order valence-corrected chi connectivity index (χ0v) is 21.5. The van der Waals surface area contributed by atoms with Gasteiger partial charge in [0.05, 0.1) is 0 Å². The highest BCUT2D eigenvalue weighted by Gasteiger charge is 2.24. The van der Waals surface area contributed by atoms with Gasteiger partial charge in [0, 0.05) is 18.9 Å². The van der Waals surface area contributed by atoms with Crippen LogP contribution in [0.4, 0.5) is 0 Å². The van der Waals surface area contributed by atoms with Gasteiger partial charge < -0.3 is 5.32 Å². The summed E-state index contributed by atoms with van der Waals surface area (Å²) in [4.78, 5) is 23.0. The second-order valence-corrected chi connectivity index (χ2v) is 8.81. The summed E-state index contributed by atoms with van der Waals surface area (Å²) in [7, 11) is 0. The Kier molecular flexibility index (Phi) is 18.5. The number of rotatable bonds is 10. The third-order valence-electron chi connectivity index (χ3n) is 6.40. The predicted molar refractivity (Wildman–Crippen MR) is 135 cm³/mol. The molecule has 0 bridgehead atoms. The summed E-state index contributed by atoms with van der Waals surface area (Å²) >= 11 is 0. The highest BCUT2D eigenvalue weighted by atomic mass is 16.1. The molecule has 2 rings (SSSR count). The number of nitrogens with one attached hydrogen (secondary N) is 1. The molecule has 0 radical (unpaired) electrons. The molecular formula is C28H51NO2. The van der Waals surface area contributed by atoms with Crippen LogP contribution in [0.1, 0.15) is 125 Å². The summed E-state index contributed by atoms with van der Waals surface area (Å²) in [6, 6.07) is 0. The fourth-order valence-corrected chi connectivity index (χ4v) is 3.98. The van der Waals surface area contributed by atoms with E-state index in [2.05, 4.69) is 26.1 Å². The molecular weight excluding hydrogens is 382 g/mol. The van der Waals surface area contributed by atoms with Crippen molar-refractivity contribution in [3.63, 3.8) is 0 Å². The Labute approximate surface area is 193 Å². The number of hydrogen-bond acceptors (Lipinski definition) is 2. The Bertz CT molecular complexity index is 533. The third kappa shape index (κ3) is 13.6. The first-order valence-corrected chi connectivity index (χ1v) is 13.2. The van der Waals surface area contributed by atoms with Crippen molar-refractivity contribution in [2.45, 2.75) is 125 Å². The molecule has 0 aromatic carbocycles. The standard InChI is InChI=1S/C14H27NO.C12H18O.C2H6/c1-3-5-6-11-15-14(16)13-9-7-12(4-2)8-10-13;1-3-5-12(13)9-8-10(2)11-6-4-7-11;1-2/h12-13H,3-11H2,1-2H3,(H,15,16);8-9H,3-7H2,1-2H3;1-2H3/b;9-8-;. The van der Waals surface area contributed by atoms with Crippen LogP contribution in [0, 0.1) is 11.8 Å². The molecule has 0 heterocycles. The molecule has 2 fully saturated rings. The quantitative estimate of drug-likeness (QED) is 0.281. The number of carbonyl (C=O) groups is 2. The molecule has 0 aromatic rings. The lowest BCUT2D eigenvalue weighted by Crippen LogP contribution is -2.33. The Hall–Kier alpha value is -1.38. The monoisotopic (exact) mass is 433 g/mol. The molecule has 1 N–H and O–H groups in total. The average molecular weight is 434 g/mol. The van der Waals surface area contributed by atoms with Crippen LogP contribution < -0.4 is 5.32 Å². The van der Waals surface area contributed by atoms with Crippen molar-refractivity contribution in [3.05, 3.63) is 23.3 Å². The lowest BCUT2D eigenvalue weighted by atomic mass is 9.80. The molecule has 3 nitrogen and oxygen atoms in total. The average Bonchev–Trinajstić information content (AvgIpc) is 2.76. The Balaban J connectivity index is 0.000000547. The Morgan fingerprint density at radius 3 is 2.06 bits per heavy atom. The zero-order valence-electron chi connectivity index (χ0n) is 21.5. The molecule has 2 aliphatic carbocycles. The highest BCUT2D eigenvalue weighted by molar-refractivity contribution is 5.89. The van der Waals surface area contributed by atoms with Gasteiger partial charge >= 0.3 is 0 Å². The lowest BCUT2D eigenvalue weighted by Gasteiger charge is -2.26. The van der Waals surface area contributed by atoms with Crippen LogP contribution in [0.15, 0.2) is 23.3 Å². The van der Waals surface area contributed by atoms with Gasteiger partial charge in [-0.2, -0.15) is 0 Å². The van der Waals surface area contributed by atoms with Gasteiger partial charge in [0.15, 0.2) is 5.78 Å². The van der Waals surface area contributed by atoms with Gasteiger partial charge in [0.2, 0.25) is 5.91 Å². The van der Waals surface area contributed by atoms with E-state index in [4.69, 9.17) is 0 Å². The fraction of sp³-hybridized carbons (Fsp3) is 0.786. The number of amides is 1. The maximum absolute atomic E-state index is 11.8.